The molecule has 0 saturated heterocycles. The highest BCUT2D eigenvalue weighted by molar-refractivity contribution is 6.29. The quantitative estimate of drug-likeness (QED) is 0.489. The molecule has 148 valence electrons. The molecule has 0 spiro atoms. The van der Waals surface area contributed by atoms with Gasteiger partial charge in [-0.05, 0) is 48.1 Å². The molecule has 0 heterocycles. The van der Waals surface area contributed by atoms with Gasteiger partial charge in [0, 0.05) is 11.1 Å². The van der Waals surface area contributed by atoms with Crippen molar-refractivity contribution in [1.82, 2.24) is 0 Å². The average molecular weight is 400 g/mol. The van der Waals surface area contributed by atoms with Crippen LogP contribution in [0.3, 0.4) is 0 Å². The zero-order valence-electron chi connectivity index (χ0n) is 16.0. The van der Waals surface area contributed by atoms with E-state index in [9.17, 15) is 9.90 Å². The van der Waals surface area contributed by atoms with Crippen LogP contribution in [0.1, 0.15) is 30.0 Å². The molecular weight excluding hydrogens is 374 g/mol. The van der Waals surface area contributed by atoms with Gasteiger partial charge < -0.3 is 15.6 Å². The molecule has 0 fully saturated rings. The molecule has 2 atom stereocenters. The Bertz CT molecular complexity index is 812. The zero-order chi connectivity index (χ0) is 20.5. The van der Waals surface area contributed by atoms with Gasteiger partial charge in [-0.15, -0.1) is 0 Å². The van der Waals surface area contributed by atoms with Crippen LogP contribution in [0.15, 0.2) is 72.3 Å². The summed E-state index contributed by atoms with van der Waals surface area (Å²) in [5.41, 5.74) is 9.79. The van der Waals surface area contributed by atoms with Crippen molar-refractivity contribution in [3.8, 4) is 0 Å². The van der Waals surface area contributed by atoms with Crippen molar-refractivity contribution in [1.29, 1.82) is 0 Å². The summed E-state index contributed by atoms with van der Waals surface area (Å²) in [4.78, 5) is 12.0. The molecule has 0 unspecified atom stereocenters. The molecular formula is C23H26ClNO3. The number of nitrogens with two attached hydrogens (primary N) is 1. The third-order valence-electron chi connectivity index (χ3n) is 4.22. The van der Waals surface area contributed by atoms with Crippen LogP contribution in [0.25, 0.3) is 5.57 Å². The van der Waals surface area contributed by atoms with Crippen LogP contribution in [-0.4, -0.2) is 23.2 Å². The van der Waals surface area contributed by atoms with E-state index in [1.54, 1.807) is 13.0 Å². The topological polar surface area (TPSA) is 72.5 Å². The minimum absolute atomic E-state index is 0.132. The number of ether oxygens (including phenoxy) is 1. The van der Waals surface area contributed by atoms with E-state index in [2.05, 4.69) is 6.58 Å². The van der Waals surface area contributed by atoms with Crippen LogP contribution in [0.5, 0.6) is 0 Å². The monoisotopic (exact) mass is 399 g/mol. The number of esters is 1. The third-order valence-corrected chi connectivity index (χ3v) is 4.33. The van der Waals surface area contributed by atoms with Crippen LogP contribution < -0.4 is 5.73 Å². The predicted molar refractivity (Wildman–Crippen MR) is 114 cm³/mol. The fourth-order valence-electron chi connectivity index (χ4n) is 2.77. The molecule has 0 saturated carbocycles. The van der Waals surface area contributed by atoms with Crippen LogP contribution in [0.4, 0.5) is 0 Å². The Labute approximate surface area is 171 Å². The number of carbonyl (C=O) groups excluding carboxylic acids is 1. The van der Waals surface area contributed by atoms with Crippen LogP contribution in [0, 0.1) is 0 Å². The first-order valence-electron chi connectivity index (χ1n) is 9.11. The summed E-state index contributed by atoms with van der Waals surface area (Å²) in [6, 6.07) is 16.8. The van der Waals surface area contributed by atoms with Gasteiger partial charge in [0.1, 0.15) is 6.61 Å². The summed E-state index contributed by atoms with van der Waals surface area (Å²) in [6.45, 7) is 5.92. The van der Waals surface area contributed by atoms with Gasteiger partial charge >= 0.3 is 5.97 Å². The number of carbonyl (C=O) groups is 1. The number of rotatable bonds is 9. The minimum atomic E-state index is -1.24. The average Bonchev–Trinajstić information content (AvgIpc) is 2.66. The van der Waals surface area contributed by atoms with Crippen molar-refractivity contribution in [3.63, 3.8) is 0 Å². The number of hydrogen-bond acceptors (Lipinski definition) is 4. The van der Waals surface area contributed by atoms with E-state index in [1.165, 1.54) is 0 Å². The molecule has 0 aromatic heterocycles. The molecule has 0 amide bonds. The Balaban J connectivity index is 1.82. The van der Waals surface area contributed by atoms with Crippen LogP contribution in [0.2, 0.25) is 0 Å². The SMILES string of the molecule is C=C(/C=C(\C)Cl)c1ccc(C[C@@H](N)C[C@@H](O)C(=O)OCc2ccccc2)cc1. The Morgan fingerprint density at radius 1 is 1.18 bits per heavy atom. The maximum Gasteiger partial charge on any atom is 0.335 e. The standard InChI is InChI=1S/C23H26ClNO3/c1-16(12-17(2)24)20-10-8-18(9-11-20)13-21(25)14-22(26)23(27)28-15-19-6-4-3-5-7-19/h3-12,21-22,26H,1,13-15,25H2,2H3/b17-12+/t21-,22-/m1/s1. The lowest BCUT2D eigenvalue weighted by atomic mass is 9.99. The molecule has 2 rings (SSSR count). The normalized spacial score (nSPS) is 13.6. The number of aliphatic hydroxyl groups is 1. The first-order valence-corrected chi connectivity index (χ1v) is 9.49. The summed E-state index contributed by atoms with van der Waals surface area (Å²) in [5.74, 6) is -0.658. The van der Waals surface area contributed by atoms with E-state index in [0.717, 1.165) is 22.3 Å². The van der Waals surface area contributed by atoms with Crippen molar-refractivity contribution in [2.75, 3.05) is 0 Å². The van der Waals surface area contributed by atoms with Gasteiger partial charge in [0.25, 0.3) is 0 Å². The lowest BCUT2D eigenvalue weighted by Crippen LogP contribution is -2.33. The van der Waals surface area contributed by atoms with Gasteiger partial charge in [-0.2, -0.15) is 0 Å². The first kappa shape index (κ1) is 21.9. The third kappa shape index (κ3) is 7.31. The predicted octanol–water partition coefficient (Wildman–Crippen LogP) is 4.21. The molecule has 2 aromatic carbocycles. The van der Waals surface area contributed by atoms with Crippen LogP contribution >= 0.6 is 11.6 Å². The number of aliphatic hydroxyl groups excluding tert-OH is 1. The second-order valence-electron chi connectivity index (χ2n) is 6.76. The second-order valence-corrected chi connectivity index (χ2v) is 7.36. The zero-order valence-corrected chi connectivity index (χ0v) is 16.7. The van der Waals surface area contributed by atoms with E-state index in [0.29, 0.717) is 11.5 Å². The largest absolute Gasteiger partial charge is 0.459 e. The van der Waals surface area contributed by atoms with Crippen molar-refractivity contribution >= 4 is 23.1 Å². The van der Waals surface area contributed by atoms with Gasteiger partial charge in [-0.3, -0.25) is 0 Å². The summed E-state index contributed by atoms with van der Waals surface area (Å²) in [5, 5.41) is 10.7. The highest BCUT2D eigenvalue weighted by atomic mass is 35.5. The molecule has 0 bridgehead atoms. The number of hydrogen-bond donors (Lipinski definition) is 2. The van der Waals surface area contributed by atoms with Gasteiger partial charge in [0.15, 0.2) is 6.10 Å². The van der Waals surface area contributed by atoms with Gasteiger partial charge in [0.2, 0.25) is 0 Å². The Morgan fingerprint density at radius 3 is 2.43 bits per heavy atom. The maximum atomic E-state index is 12.0. The lowest BCUT2D eigenvalue weighted by Gasteiger charge is -2.16. The van der Waals surface area contributed by atoms with Crippen molar-refractivity contribution in [2.45, 2.75) is 38.5 Å². The second kappa shape index (κ2) is 10.8. The number of halogens is 1. The fraction of sp³-hybridized carbons (Fsp3) is 0.261. The summed E-state index contributed by atoms with van der Waals surface area (Å²) < 4.78 is 5.14. The van der Waals surface area contributed by atoms with E-state index >= 15 is 0 Å². The molecule has 3 N–H and O–H groups in total. The summed E-state index contributed by atoms with van der Waals surface area (Å²) in [7, 11) is 0. The van der Waals surface area contributed by atoms with Crippen molar-refractivity contribution in [3.05, 3.63) is 89.0 Å². The highest BCUT2D eigenvalue weighted by Gasteiger charge is 2.20. The molecule has 5 heteroatoms. The Kier molecular flexibility index (Phi) is 8.45. The lowest BCUT2D eigenvalue weighted by molar-refractivity contribution is -0.155. The van der Waals surface area contributed by atoms with E-state index in [4.69, 9.17) is 22.1 Å². The summed E-state index contributed by atoms with van der Waals surface area (Å²) >= 11 is 5.88. The molecule has 0 aliphatic heterocycles. The highest BCUT2D eigenvalue weighted by Crippen LogP contribution is 2.18. The maximum absolute atomic E-state index is 12.0. The number of benzene rings is 2. The summed E-state index contributed by atoms with van der Waals surface area (Å²) in [6.07, 6.45) is 1.24. The molecule has 0 aliphatic carbocycles. The first-order chi connectivity index (χ1) is 13.3. The molecule has 0 radical (unpaired) electrons. The minimum Gasteiger partial charge on any atom is -0.459 e. The molecule has 28 heavy (non-hydrogen) atoms. The van der Waals surface area contributed by atoms with Crippen molar-refractivity contribution in [2.24, 2.45) is 5.73 Å². The van der Waals surface area contributed by atoms with E-state index in [-0.39, 0.29) is 19.1 Å². The van der Waals surface area contributed by atoms with Gasteiger partial charge in [-0.1, -0.05) is 72.8 Å². The van der Waals surface area contributed by atoms with Gasteiger partial charge in [-0.25, -0.2) is 4.79 Å². The van der Waals surface area contributed by atoms with E-state index < -0.39 is 12.1 Å². The number of allylic oxidation sites excluding steroid dienone is 3. The van der Waals surface area contributed by atoms with Crippen molar-refractivity contribution < 1.29 is 14.6 Å². The van der Waals surface area contributed by atoms with E-state index in [1.807, 2.05) is 54.6 Å². The molecule has 2 aromatic rings. The van der Waals surface area contributed by atoms with Gasteiger partial charge in [0.05, 0.1) is 0 Å². The molecule has 0 aliphatic rings. The molecule has 4 nitrogen and oxygen atoms in total. The Hall–Kier alpha value is -2.40. The fourth-order valence-corrected chi connectivity index (χ4v) is 2.90. The smallest absolute Gasteiger partial charge is 0.335 e. The van der Waals surface area contributed by atoms with Crippen LogP contribution in [-0.2, 0) is 22.6 Å². The Morgan fingerprint density at radius 2 is 1.82 bits per heavy atom.